The highest BCUT2D eigenvalue weighted by molar-refractivity contribution is 7.80. The van der Waals surface area contributed by atoms with Crippen molar-refractivity contribution in [3.8, 4) is 11.5 Å². The zero-order valence-electron chi connectivity index (χ0n) is 13.2. The molecule has 4 rings (SSSR count). The number of anilines is 1. The molecule has 2 heterocycles. The SMILES string of the molecule is CN1C(=S)N(c2ccccc2)C(=O)/C1=C/c1cc2c(cc1Cl)OCO2. The molecule has 0 saturated carbocycles. The number of carbonyl (C=O) groups is 1. The average molecular weight is 373 g/mol. The van der Waals surface area contributed by atoms with E-state index < -0.39 is 0 Å². The third-order valence-electron chi connectivity index (χ3n) is 4.06. The molecule has 7 heteroatoms. The number of ether oxygens (including phenoxy) is 2. The standard InChI is InChI=1S/C18H13ClN2O3S/c1-20-14(7-11-8-15-16(9-13(11)19)24-10-23-15)17(22)21(18(20)25)12-5-3-2-4-6-12/h2-9H,10H2,1H3/b14-7-. The molecule has 0 aliphatic carbocycles. The van der Waals surface area contributed by atoms with Crippen molar-refractivity contribution < 1.29 is 14.3 Å². The maximum Gasteiger partial charge on any atom is 0.281 e. The van der Waals surface area contributed by atoms with Crippen LogP contribution < -0.4 is 14.4 Å². The number of halogens is 1. The second-order valence-electron chi connectivity index (χ2n) is 5.57. The number of carbonyl (C=O) groups excluding carboxylic acids is 1. The summed E-state index contributed by atoms with van der Waals surface area (Å²) in [7, 11) is 1.76. The van der Waals surface area contributed by atoms with E-state index in [1.807, 2.05) is 30.3 Å². The van der Waals surface area contributed by atoms with Gasteiger partial charge < -0.3 is 14.4 Å². The number of nitrogens with zero attached hydrogens (tertiary/aromatic N) is 2. The minimum atomic E-state index is -0.201. The van der Waals surface area contributed by atoms with Crippen LogP contribution in [0.15, 0.2) is 48.2 Å². The molecule has 0 aromatic heterocycles. The summed E-state index contributed by atoms with van der Waals surface area (Å²) < 4.78 is 10.7. The normalized spacial score (nSPS) is 17.8. The predicted molar refractivity (Wildman–Crippen MR) is 99.8 cm³/mol. The highest BCUT2D eigenvalue weighted by Gasteiger charge is 2.36. The van der Waals surface area contributed by atoms with Crippen LogP contribution in [0.4, 0.5) is 5.69 Å². The van der Waals surface area contributed by atoms with Crippen molar-refractivity contribution in [2.24, 2.45) is 0 Å². The Morgan fingerprint density at radius 1 is 1.16 bits per heavy atom. The number of fused-ring (bicyclic) bond motifs is 1. The molecular weight excluding hydrogens is 360 g/mol. The van der Waals surface area contributed by atoms with Crippen LogP contribution in [-0.2, 0) is 4.79 Å². The third-order valence-corrected chi connectivity index (χ3v) is 4.84. The van der Waals surface area contributed by atoms with E-state index in [-0.39, 0.29) is 12.7 Å². The molecule has 5 nitrogen and oxygen atoms in total. The van der Waals surface area contributed by atoms with Crippen LogP contribution in [-0.4, -0.2) is 29.8 Å². The van der Waals surface area contributed by atoms with Crippen LogP contribution >= 0.6 is 23.8 Å². The predicted octanol–water partition coefficient (Wildman–Crippen LogP) is 3.67. The molecule has 0 atom stereocenters. The first-order chi connectivity index (χ1) is 12.1. The van der Waals surface area contributed by atoms with E-state index >= 15 is 0 Å². The Labute approximate surface area is 155 Å². The quantitative estimate of drug-likeness (QED) is 0.594. The fraction of sp³-hybridized carbons (Fsp3) is 0.111. The second-order valence-corrected chi connectivity index (χ2v) is 6.35. The lowest BCUT2D eigenvalue weighted by molar-refractivity contribution is -0.114. The number of amides is 1. The molecule has 2 aliphatic heterocycles. The van der Waals surface area contributed by atoms with Crippen LogP contribution in [0.2, 0.25) is 5.02 Å². The van der Waals surface area contributed by atoms with E-state index in [0.717, 1.165) is 5.69 Å². The fourth-order valence-corrected chi connectivity index (χ4v) is 3.25. The van der Waals surface area contributed by atoms with Gasteiger partial charge in [-0.05, 0) is 42.1 Å². The summed E-state index contributed by atoms with van der Waals surface area (Å²) in [6, 6.07) is 12.7. The van der Waals surface area contributed by atoms with E-state index in [0.29, 0.717) is 32.9 Å². The van der Waals surface area contributed by atoms with Crippen LogP contribution in [0.1, 0.15) is 5.56 Å². The zero-order chi connectivity index (χ0) is 17.6. The Balaban J connectivity index is 1.75. The molecular formula is C18H13ClN2O3S. The Morgan fingerprint density at radius 2 is 1.84 bits per heavy atom. The third kappa shape index (κ3) is 2.63. The van der Waals surface area contributed by atoms with Gasteiger partial charge in [0.2, 0.25) is 6.79 Å². The van der Waals surface area contributed by atoms with Crippen LogP contribution in [0.25, 0.3) is 6.08 Å². The molecule has 0 spiro atoms. The Bertz CT molecular complexity index is 914. The highest BCUT2D eigenvalue weighted by atomic mass is 35.5. The molecule has 0 radical (unpaired) electrons. The van der Waals surface area contributed by atoms with E-state index in [1.54, 1.807) is 30.2 Å². The summed E-state index contributed by atoms with van der Waals surface area (Å²) in [6.07, 6.45) is 1.71. The maximum atomic E-state index is 12.9. The Kier molecular flexibility index (Phi) is 3.86. The maximum absolute atomic E-state index is 12.9. The molecule has 2 aromatic rings. The molecule has 1 fully saturated rings. The highest BCUT2D eigenvalue weighted by Crippen LogP contribution is 2.38. The summed E-state index contributed by atoms with van der Waals surface area (Å²) in [5.74, 6) is 0.999. The Morgan fingerprint density at radius 3 is 2.56 bits per heavy atom. The first-order valence-electron chi connectivity index (χ1n) is 7.54. The van der Waals surface area contributed by atoms with Gasteiger partial charge >= 0.3 is 0 Å². The number of thiocarbonyl (C=S) groups is 1. The van der Waals surface area contributed by atoms with Crippen molar-refractivity contribution in [3.05, 3.63) is 58.7 Å². The van der Waals surface area contributed by atoms with Crippen molar-refractivity contribution in [1.29, 1.82) is 0 Å². The lowest BCUT2D eigenvalue weighted by Crippen LogP contribution is -2.30. The first-order valence-corrected chi connectivity index (χ1v) is 8.33. The Hall–Kier alpha value is -2.57. The van der Waals surface area contributed by atoms with Gasteiger partial charge in [0, 0.05) is 13.1 Å². The minimum Gasteiger partial charge on any atom is -0.454 e. The summed E-state index contributed by atoms with van der Waals surface area (Å²) in [6.45, 7) is 0.163. The molecule has 2 aliphatic rings. The molecule has 0 bridgehead atoms. The largest absolute Gasteiger partial charge is 0.454 e. The van der Waals surface area contributed by atoms with Gasteiger partial charge in [0.25, 0.3) is 5.91 Å². The lowest BCUT2D eigenvalue weighted by Gasteiger charge is -2.16. The molecule has 126 valence electrons. The average Bonchev–Trinajstić information content (AvgIpc) is 3.14. The number of hydrogen-bond acceptors (Lipinski definition) is 4. The van der Waals surface area contributed by atoms with Crippen molar-refractivity contribution in [2.45, 2.75) is 0 Å². The number of benzene rings is 2. The van der Waals surface area contributed by atoms with Crippen molar-refractivity contribution in [3.63, 3.8) is 0 Å². The second kappa shape index (κ2) is 6.06. The van der Waals surface area contributed by atoms with Crippen LogP contribution in [0.3, 0.4) is 0 Å². The lowest BCUT2D eigenvalue weighted by atomic mass is 10.1. The van der Waals surface area contributed by atoms with Gasteiger partial charge in [0.15, 0.2) is 16.6 Å². The fourth-order valence-electron chi connectivity index (χ4n) is 2.75. The van der Waals surface area contributed by atoms with Crippen molar-refractivity contribution in [2.75, 3.05) is 18.7 Å². The molecule has 0 N–H and O–H groups in total. The number of rotatable bonds is 2. The van der Waals surface area contributed by atoms with Gasteiger partial charge in [-0.3, -0.25) is 9.69 Å². The number of likely N-dealkylation sites (N-methyl/N-ethyl adjacent to an activating group) is 1. The van der Waals surface area contributed by atoms with Gasteiger partial charge in [-0.15, -0.1) is 0 Å². The van der Waals surface area contributed by atoms with Gasteiger partial charge in [-0.25, -0.2) is 0 Å². The van der Waals surface area contributed by atoms with Gasteiger partial charge in [0.05, 0.1) is 10.7 Å². The molecule has 0 unspecified atom stereocenters. The summed E-state index contributed by atoms with van der Waals surface area (Å²) in [5, 5.41) is 0.890. The van der Waals surface area contributed by atoms with E-state index in [9.17, 15) is 4.79 Å². The smallest absolute Gasteiger partial charge is 0.281 e. The summed E-state index contributed by atoms with van der Waals surface area (Å²) >= 11 is 11.8. The van der Waals surface area contributed by atoms with Crippen LogP contribution in [0.5, 0.6) is 11.5 Å². The molecule has 2 aromatic carbocycles. The van der Waals surface area contributed by atoms with Gasteiger partial charge in [-0.1, -0.05) is 29.8 Å². The monoisotopic (exact) mass is 372 g/mol. The van der Waals surface area contributed by atoms with E-state index in [4.69, 9.17) is 33.3 Å². The number of para-hydroxylation sites is 1. The van der Waals surface area contributed by atoms with Gasteiger partial charge in [0.1, 0.15) is 5.70 Å². The van der Waals surface area contributed by atoms with Crippen molar-refractivity contribution in [1.82, 2.24) is 4.90 Å². The molecule has 1 saturated heterocycles. The van der Waals surface area contributed by atoms with Gasteiger partial charge in [-0.2, -0.15) is 0 Å². The molecule has 1 amide bonds. The molecule has 25 heavy (non-hydrogen) atoms. The van der Waals surface area contributed by atoms with Crippen LogP contribution in [0, 0.1) is 0 Å². The summed E-state index contributed by atoms with van der Waals surface area (Å²) in [4.78, 5) is 16.1. The van der Waals surface area contributed by atoms with E-state index in [2.05, 4.69) is 0 Å². The minimum absolute atomic E-state index is 0.163. The number of hydrogen-bond donors (Lipinski definition) is 0. The zero-order valence-corrected chi connectivity index (χ0v) is 14.8. The van der Waals surface area contributed by atoms with Crippen molar-refractivity contribution >= 4 is 46.6 Å². The topological polar surface area (TPSA) is 42.0 Å². The first kappa shape index (κ1) is 15.9. The van der Waals surface area contributed by atoms with E-state index in [1.165, 1.54) is 4.90 Å². The summed E-state index contributed by atoms with van der Waals surface area (Å²) in [5.41, 5.74) is 1.83.